The number of thiophene rings is 1. The van der Waals surface area contributed by atoms with Gasteiger partial charge < -0.3 is 10.0 Å². The topological polar surface area (TPSA) is 52.6 Å². The summed E-state index contributed by atoms with van der Waals surface area (Å²) in [4.78, 5) is 15.0. The van der Waals surface area contributed by atoms with Gasteiger partial charge in [0.05, 0.1) is 11.6 Å². The highest BCUT2D eigenvalue weighted by atomic mass is 32.1. The average Bonchev–Trinajstić information content (AvgIpc) is 3.09. The lowest BCUT2D eigenvalue weighted by Crippen LogP contribution is -2.46. The molecular formula is C16H24N2O2S. The van der Waals surface area contributed by atoms with Gasteiger partial charge in [0, 0.05) is 6.04 Å². The number of nitrogens with one attached hydrogen (secondary N) is 1. The highest BCUT2D eigenvalue weighted by Gasteiger charge is 2.50. The molecule has 3 rings (SSSR count). The summed E-state index contributed by atoms with van der Waals surface area (Å²) >= 11 is 1.67. The van der Waals surface area contributed by atoms with Crippen LogP contribution < -0.4 is 5.32 Å². The number of carbonyl (C=O) groups is 1. The Bertz CT molecular complexity index is 496. The van der Waals surface area contributed by atoms with Gasteiger partial charge in [0.25, 0.3) is 0 Å². The third-order valence-electron chi connectivity index (χ3n) is 5.07. The van der Waals surface area contributed by atoms with E-state index >= 15 is 0 Å². The molecule has 1 aromatic heterocycles. The first kappa shape index (κ1) is 15.0. The number of nitrogens with zero attached hydrogens (tertiary/aromatic N) is 1. The number of rotatable bonds is 3. The van der Waals surface area contributed by atoms with Crippen LogP contribution in [-0.2, 0) is 4.79 Å². The molecule has 4 nitrogen and oxygen atoms in total. The lowest BCUT2D eigenvalue weighted by molar-refractivity contribution is -0.136. The van der Waals surface area contributed by atoms with Crippen molar-refractivity contribution in [3.63, 3.8) is 0 Å². The summed E-state index contributed by atoms with van der Waals surface area (Å²) in [5.74, 6) is 0.211. The van der Waals surface area contributed by atoms with Crippen LogP contribution in [0.25, 0.3) is 0 Å². The van der Waals surface area contributed by atoms with Gasteiger partial charge in [0.15, 0.2) is 0 Å². The standard InChI is InChI=1S/C16H24N2O2S/c1-3-16(2)15(20)18(12-4-6-13(19)7-5-12)14(17-16)11-8-9-21-10-11/h8-10,12-14,17,19H,3-7H2,1-2H3. The SMILES string of the molecule is CCC1(C)NC(c2ccsc2)N(C2CCC(O)CC2)C1=O. The van der Waals surface area contributed by atoms with E-state index in [1.807, 2.05) is 6.92 Å². The minimum absolute atomic E-state index is 0.0195. The molecule has 2 atom stereocenters. The Labute approximate surface area is 130 Å². The molecule has 0 spiro atoms. The molecule has 2 fully saturated rings. The van der Waals surface area contributed by atoms with Gasteiger partial charge in [-0.2, -0.15) is 11.3 Å². The molecule has 1 saturated carbocycles. The maximum absolute atomic E-state index is 12.9. The van der Waals surface area contributed by atoms with Crippen molar-refractivity contribution in [2.24, 2.45) is 0 Å². The molecule has 2 heterocycles. The summed E-state index contributed by atoms with van der Waals surface area (Å²) < 4.78 is 0. The van der Waals surface area contributed by atoms with Gasteiger partial charge in [-0.3, -0.25) is 10.1 Å². The molecule has 0 radical (unpaired) electrons. The second kappa shape index (κ2) is 5.71. The number of carbonyl (C=O) groups excluding carboxylic acids is 1. The third kappa shape index (κ3) is 2.62. The molecule has 2 unspecified atom stereocenters. The van der Waals surface area contributed by atoms with E-state index in [4.69, 9.17) is 0 Å². The van der Waals surface area contributed by atoms with Crippen LogP contribution in [0.1, 0.15) is 57.7 Å². The highest BCUT2D eigenvalue weighted by Crippen LogP contribution is 2.38. The lowest BCUT2D eigenvalue weighted by atomic mass is 9.90. The van der Waals surface area contributed by atoms with Gasteiger partial charge in [-0.25, -0.2) is 0 Å². The quantitative estimate of drug-likeness (QED) is 0.902. The number of hydrogen-bond donors (Lipinski definition) is 2. The monoisotopic (exact) mass is 308 g/mol. The Kier molecular flexibility index (Phi) is 4.08. The zero-order valence-corrected chi connectivity index (χ0v) is 13.5. The van der Waals surface area contributed by atoms with E-state index in [0.29, 0.717) is 0 Å². The van der Waals surface area contributed by atoms with Gasteiger partial charge in [-0.15, -0.1) is 0 Å². The van der Waals surface area contributed by atoms with E-state index in [1.54, 1.807) is 11.3 Å². The van der Waals surface area contributed by atoms with Gasteiger partial charge >= 0.3 is 0 Å². The number of aliphatic hydroxyl groups is 1. The predicted molar refractivity (Wildman–Crippen MR) is 84.0 cm³/mol. The van der Waals surface area contributed by atoms with Crippen LogP contribution in [0.15, 0.2) is 16.8 Å². The summed E-state index contributed by atoms with van der Waals surface area (Å²) in [6.45, 7) is 4.07. The molecule has 2 aliphatic rings. The smallest absolute Gasteiger partial charge is 0.244 e. The van der Waals surface area contributed by atoms with E-state index in [1.165, 1.54) is 5.56 Å². The largest absolute Gasteiger partial charge is 0.393 e. The third-order valence-corrected chi connectivity index (χ3v) is 5.77. The molecule has 1 amide bonds. The fourth-order valence-electron chi connectivity index (χ4n) is 3.48. The van der Waals surface area contributed by atoms with E-state index in [0.717, 1.165) is 32.1 Å². The minimum atomic E-state index is -0.470. The van der Waals surface area contributed by atoms with Crippen molar-refractivity contribution in [3.8, 4) is 0 Å². The zero-order chi connectivity index (χ0) is 15.0. The Morgan fingerprint density at radius 3 is 2.71 bits per heavy atom. The molecule has 0 bridgehead atoms. The molecule has 21 heavy (non-hydrogen) atoms. The fraction of sp³-hybridized carbons (Fsp3) is 0.688. The summed E-state index contributed by atoms with van der Waals surface area (Å²) in [5.41, 5.74) is 0.708. The predicted octanol–water partition coefficient (Wildman–Crippen LogP) is 2.65. The van der Waals surface area contributed by atoms with Crippen LogP contribution in [0, 0.1) is 0 Å². The summed E-state index contributed by atoms with van der Waals surface area (Å²) in [5, 5.41) is 17.4. The molecule has 0 aromatic carbocycles. The first-order valence-corrected chi connectivity index (χ1v) is 8.80. The van der Waals surface area contributed by atoms with E-state index in [9.17, 15) is 9.90 Å². The first-order valence-electron chi connectivity index (χ1n) is 7.86. The number of amides is 1. The fourth-order valence-corrected chi connectivity index (χ4v) is 4.15. The van der Waals surface area contributed by atoms with Gasteiger partial charge in [0.1, 0.15) is 6.17 Å². The summed E-state index contributed by atoms with van der Waals surface area (Å²) in [6.07, 6.45) is 3.97. The average molecular weight is 308 g/mol. The maximum Gasteiger partial charge on any atom is 0.244 e. The van der Waals surface area contributed by atoms with Crippen molar-refractivity contribution in [1.82, 2.24) is 10.2 Å². The molecule has 2 N–H and O–H groups in total. The van der Waals surface area contributed by atoms with Gasteiger partial charge in [0.2, 0.25) is 5.91 Å². The van der Waals surface area contributed by atoms with Crippen LogP contribution in [-0.4, -0.2) is 33.6 Å². The van der Waals surface area contributed by atoms with Crippen molar-refractivity contribution in [1.29, 1.82) is 0 Å². The molecule has 116 valence electrons. The zero-order valence-electron chi connectivity index (χ0n) is 12.7. The Morgan fingerprint density at radius 1 is 1.43 bits per heavy atom. The Balaban J connectivity index is 1.88. The second-order valence-electron chi connectivity index (χ2n) is 6.46. The van der Waals surface area contributed by atoms with E-state index in [2.05, 4.69) is 34.0 Å². The van der Waals surface area contributed by atoms with Crippen molar-refractivity contribution in [2.45, 2.75) is 69.8 Å². The second-order valence-corrected chi connectivity index (χ2v) is 7.24. The molecule has 1 aromatic rings. The number of hydrogen-bond acceptors (Lipinski definition) is 4. The Hall–Kier alpha value is -0.910. The van der Waals surface area contributed by atoms with Crippen molar-refractivity contribution in [3.05, 3.63) is 22.4 Å². The van der Waals surface area contributed by atoms with Crippen LogP contribution in [0.2, 0.25) is 0 Å². The normalized spacial score (nSPS) is 37.2. The van der Waals surface area contributed by atoms with E-state index < -0.39 is 5.54 Å². The maximum atomic E-state index is 12.9. The van der Waals surface area contributed by atoms with Crippen molar-refractivity contribution >= 4 is 17.2 Å². The van der Waals surface area contributed by atoms with Crippen molar-refractivity contribution < 1.29 is 9.90 Å². The minimum Gasteiger partial charge on any atom is -0.393 e. The summed E-state index contributed by atoms with van der Waals surface area (Å²) in [7, 11) is 0. The van der Waals surface area contributed by atoms with E-state index in [-0.39, 0.29) is 24.2 Å². The van der Waals surface area contributed by atoms with Gasteiger partial charge in [-0.1, -0.05) is 6.92 Å². The molecular weight excluding hydrogens is 284 g/mol. The summed E-state index contributed by atoms with van der Waals surface area (Å²) in [6, 6.07) is 2.34. The highest BCUT2D eigenvalue weighted by molar-refractivity contribution is 7.07. The molecule has 1 aliphatic carbocycles. The van der Waals surface area contributed by atoms with Crippen LogP contribution in [0.3, 0.4) is 0 Å². The van der Waals surface area contributed by atoms with Crippen molar-refractivity contribution in [2.75, 3.05) is 0 Å². The Morgan fingerprint density at radius 2 is 2.14 bits per heavy atom. The lowest BCUT2D eigenvalue weighted by Gasteiger charge is -2.36. The van der Waals surface area contributed by atoms with Gasteiger partial charge in [-0.05, 0) is 61.4 Å². The molecule has 1 saturated heterocycles. The number of aliphatic hydroxyl groups excluding tert-OH is 1. The first-order chi connectivity index (χ1) is 10.0. The van der Waals surface area contributed by atoms with Crippen LogP contribution in [0.5, 0.6) is 0 Å². The molecule has 1 aliphatic heterocycles. The van der Waals surface area contributed by atoms with Crippen LogP contribution >= 0.6 is 11.3 Å². The molecule has 5 heteroatoms. The van der Waals surface area contributed by atoms with Crippen LogP contribution in [0.4, 0.5) is 0 Å².